The molecule has 0 saturated carbocycles. The van der Waals surface area contributed by atoms with Gasteiger partial charge in [0, 0.05) is 12.1 Å². The molecule has 3 aromatic carbocycles. The Morgan fingerprint density at radius 1 is 0.867 bits per heavy atom. The van der Waals surface area contributed by atoms with Crippen LogP contribution in [-0.4, -0.2) is 22.7 Å². The van der Waals surface area contributed by atoms with Gasteiger partial charge in [-0.3, -0.25) is 19.7 Å². The minimum atomic E-state index is -0.722. The summed E-state index contributed by atoms with van der Waals surface area (Å²) in [5, 5.41) is 10.7. The number of nitrogens with zero attached hydrogens (tertiary/aromatic N) is 2. The summed E-state index contributed by atoms with van der Waals surface area (Å²) >= 11 is 0. The summed E-state index contributed by atoms with van der Waals surface area (Å²) in [7, 11) is 0. The fourth-order valence-corrected chi connectivity index (χ4v) is 3.19. The lowest BCUT2D eigenvalue weighted by Gasteiger charge is -2.17. The highest BCUT2D eigenvalue weighted by molar-refractivity contribution is 6.35. The Hall–Kier alpha value is -4.33. The highest BCUT2D eigenvalue weighted by Gasteiger charge is 2.38. The largest absolute Gasteiger partial charge is 0.457 e. The number of rotatable bonds is 5. The maximum atomic E-state index is 12.7. The Morgan fingerprint density at radius 2 is 1.43 bits per heavy atom. The van der Waals surface area contributed by atoms with Crippen LogP contribution in [-0.2, 0) is 11.3 Å². The molecular weight excluding hydrogens is 388 g/mol. The van der Waals surface area contributed by atoms with E-state index in [4.69, 9.17) is 4.74 Å². The molecule has 8 heteroatoms. The summed E-state index contributed by atoms with van der Waals surface area (Å²) in [6.07, 6.45) is 0. The van der Waals surface area contributed by atoms with Gasteiger partial charge in [-0.2, -0.15) is 0 Å². The van der Waals surface area contributed by atoms with Crippen molar-refractivity contribution in [2.24, 2.45) is 0 Å². The number of anilines is 1. The zero-order chi connectivity index (χ0) is 21.3. The minimum Gasteiger partial charge on any atom is -0.457 e. The summed E-state index contributed by atoms with van der Waals surface area (Å²) in [6, 6.07) is 18.2. The molecule has 3 aromatic rings. The van der Waals surface area contributed by atoms with Crippen molar-refractivity contribution in [2.45, 2.75) is 6.61 Å². The first-order valence-corrected chi connectivity index (χ1v) is 8.94. The lowest BCUT2D eigenvalue weighted by atomic mass is 10.1. The minimum absolute atomic E-state index is 0.0638. The van der Waals surface area contributed by atoms with E-state index in [-0.39, 0.29) is 34.7 Å². The fourth-order valence-electron chi connectivity index (χ4n) is 3.19. The summed E-state index contributed by atoms with van der Waals surface area (Å²) in [6.45, 7) is -0.118. The van der Waals surface area contributed by atoms with Crippen LogP contribution in [0, 0.1) is 10.1 Å². The first kappa shape index (κ1) is 19.0. The van der Waals surface area contributed by atoms with Crippen LogP contribution in [0.15, 0.2) is 72.8 Å². The standard InChI is InChI=1S/C22H14N2O6/c25-20-16-5-1-2-6-17(16)21(26)23(20)19-8-4-3-7-18(19)22(27)30-13-14-9-11-15(12-10-14)24(28)29/h1-12H,13H2. The number of ether oxygens (including phenoxy) is 1. The van der Waals surface area contributed by atoms with Gasteiger partial charge in [-0.1, -0.05) is 24.3 Å². The smallest absolute Gasteiger partial charge is 0.340 e. The maximum Gasteiger partial charge on any atom is 0.340 e. The van der Waals surface area contributed by atoms with E-state index in [1.807, 2.05) is 0 Å². The number of para-hydroxylation sites is 1. The maximum absolute atomic E-state index is 12.7. The molecule has 4 rings (SSSR count). The zero-order valence-electron chi connectivity index (χ0n) is 15.5. The third-order valence-electron chi connectivity index (χ3n) is 4.68. The molecule has 0 N–H and O–H groups in total. The fraction of sp³-hybridized carbons (Fsp3) is 0.0455. The van der Waals surface area contributed by atoms with Crippen LogP contribution in [0.25, 0.3) is 0 Å². The van der Waals surface area contributed by atoms with Gasteiger partial charge in [0.15, 0.2) is 0 Å². The van der Waals surface area contributed by atoms with E-state index in [1.165, 1.54) is 36.4 Å². The monoisotopic (exact) mass is 402 g/mol. The number of carbonyl (C=O) groups excluding carboxylic acids is 3. The van der Waals surface area contributed by atoms with E-state index in [1.54, 1.807) is 36.4 Å². The predicted octanol–water partition coefficient (Wildman–Crippen LogP) is 3.75. The Balaban J connectivity index is 1.56. The third-order valence-corrected chi connectivity index (χ3v) is 4.68. The first-order valence-electron chi connectivity index (χ1n) is 8.94. The number of imide groups is 1. The summed E-state index contributed by atoms with van der Waals surface area (Å²) in [5.74, 6) is -1.74. The molecule has 0 spiro atoms. The number of carbonyl (C=O) groups is 3. The average Bonchev–Trinajstić information content (AvgIpc) is 3.02. The highest BCUT2D eigenvalue weighted by Crippen LogP contribution is 2.31. The van der Waals surface area contributed by atoms with Gasteiger partial charge in [-0.25, -0.2) is 9.69 Å². The molecule has 0 unspecified atom stereocenters. The van der Waals surface area contributed by atoms with Crippen molar-refractivity contribution in [2.75, 3.05) is 4.90 Å². The zero-order valence-corrected chi connectivity index (χ0v) is 15.5. The Bertz CT molecular complexity index is 1150. The molecule has 0 atom stereocenters. The van der Waals surface area contributed by atoms with E-state index in [0.29, 0.717) is 5.56 Å². The van der Waals surface area contributed by atoms with E-state index >= 15 is 0 Å². The van der Waals surface area contributed by atoms with Crippen LogP contribution in [0.4, 0.5) is 11.4 Å². The van der Waals surface area contributed by atoms with E-state index in [9.17, 15) is 24.5 Å². The molecule has 30 heavy (non-hydrogen) atoms. The van der Waals surface area contributed by atoms with Gasteiger partial charge in [0.25, 0.3) is 17.5 Å². The van der Waals surface area contributed by atoms with Gasteiger partial charge in [-0.15, -0.1) is 0 Å². The Morgan fingerprint density at radius 3 is 2.03 bits per heavy atom. The second-order valence-electron chi connectivity index (χ2n) is 6.51. The quantitative estimate of drug-likeness (QED) is 0.278. The van der Waals surface area contributed by atoms with Gasteiger partial charge in [0.05, 0.1) is 27.3 Å². The molecule has 0 saturated heterocycles. The number of hydrogen-bond acceptors (Lipinski definition) is 6. The molecule has 0 aliphatic carbocycles. The number of nitro groups is 1. The topological polar surface area (TPSA) is 107 Å². The molecule has 1 heterocycles. The molecular formula is C22H14N2O6. The van der Waals surface area contributed by atoms with Crippen LogP contribution >= 0.6 is 0 Å². The van der Waals surface area contributed by atoms with Crippen molar-refractivity contribution in [1.82, 2.24) is 0 Å². The van der Waals surface area contributed by atoms with Crippen molar-refractivity contribution in [3.63, 3.8) is 0 Å². The van der Waals surface area contributed by atoms with Gasteiger partial charge in [0.2, 0.25) is 0 Å². The predicted molar refractivity (Wildman–Crippen MR) is 106 cm³/mol. The van der Waals surface area contributed by atoms with E-state index < -0.39 is 22.7 Å². The van der Waals surface area contributed by atoms with Crippen molar-refractivity contribution < 1.29 is 24.0 Å². The van der Waals surface area contributed by atoms with Crippen molar-refractivity contribution in [3.05, 3.63) is 105 Å². The molecule has 148 valence electrons. The van der Waals surface area contributed by atoms with Crippen LogP contribution in [0.3, 0.4) is 0 Å². The second-order valence-corrected chi connectivity index (χ2v) is 6.51. The molecule has 0 bridgehead atoms. The van der Waals surface area contributed by atoms with E-state index in [2.05, 4.69) is 0 Å². The molecule has 0 fully saturated rings. The molecule has 2 amide bonds. The van der Waals surface area contributed by atoms with Crippen LogP contribution in [0.2, 0.25) is 0 Å². The number of nitro benzene ring substituents is 1. The van der Waals surface area contributed by atoms with Gasteiger partial charge in [-0.05, 0) is 42.0 Å². The highest BCUT2D eigenvalue weighted by atomic mass is 16.6. The lowest BCUT2D eigenvalue weighted by molar-refractivity contribution is -0.384. The van der Waals surface area contributed by atoms with Crippen LogP contribution in [0.5, 0.6) is 0 Å². The average molecular weight is 402 g/mol. The molecule has 1 aliphatic rings. The number of non-ortho nitro benzene ring substituents is 1. The van der Waals surface area contributed by atoms with Crippen molar-refractivity contribution in [3.8, 4) is 0 Å². The van der Waals surface area contributed by atoms with Crippen LogP contribution in [0.1, 0.15) is 36.6 Å². The SMILES string of the molecule is O=C(OCc1ccc([N+](=O)[O-])cc1)c1ccccc1N1C(=O)c2ccccc2C1=O. The number of hydrogen-bond donors (Lipinski definition) is 0. The van der Waals surface area contributed by atoms with Gasteiger partial charge in [0.1, 0.15) is 6.61 Å². The normalized spacial score (nSPS) is 12.6. The summed E-state index contributed by atoms with van der Waals surface area (Å²) in [5.41, 5.74) is 1.24. The molecule has 8 nitrogen and oxygen atoms in total. The number of fused-ring (bicyclic) bond motifs is 1. The lowest BCUT2D eigenvalue weighted by Crippen LogP contribution is -2.31. The Labute approximate surface area is 170 Å². The molecule has 1 aliphatic heterocycles. The van der Waals surface area contributed by atoms with Gasteiger partial charge < -0.3 is 4.74 Å². The second kappa shape index (κ2) is 7.59. The number of benzene rings is 3. The van der Waals surface area contributed by atoms with Gasteiger partial charge >= 0.3 is 5.97 Å². The first-order chi connectivity index (χ1) is 14.5. The summed E-state index contributed by atoms with van der Waals surface area (Å²) in [4.78, 5) is 49.3. The number of esters is 1. The Kier molecular flexibility index (Phi) is 4.81. The number of amides is 2. The molecule has 0 radical (unpaired) electrons. The summed E-state index contributed by atoms with van der Waals surface area (Å²) < 4.78 is 5.30. The van der Waals surface area contributed by atoms with Crippen molar-refractivity contribution >= 4 is 29.2 Å². The van der Waals surface area contributed by atoms with Crippen molar-refractivity contribution in [1.29, 1.82) is 0 Å². The van der Waals surface area contributed by atoms with E-state index in [0.717, 1.165) is 4.90 Å². The third kappa shape index (κ3) is 3.30. The van der Waals surface area contributed by atoms with Crippen LogP contribution < -0.4 is 4.90 Å². The molecule has 0 aromatic heterocycles.